The van der Waals surface area contributed by atoms with E-state index in [0.717, 1.165) is 30.0 Å². The van der Waals surface area contributed by atoms with E-state index in [9.17, 15) is 4.79 Å². The van der Waals surface area contributed by atoms with Crippen molar-refractivity contribution in [2.75, 3.05) is 13.7 Å². The molecule has 2 aliphatic rings. The lowest BCUT2D eigenvalue weighted by Crippen LogP contribution is -3.17. The molecule has 0 bridgehead atoms. The standard InChI is InChI=1S/C23H27NO3/c1-26-22-11-10-18(13-23(22)27-16-17-7-3-2-4-8-17)21-15-20(25)14-19-9-5-6-12-24(19)21/h2-4,7-8,10-11,13,19,21H,5-6,9,12,14-16H2,1H3/p+1/t19-,21-/m0/s1. The van der Waals surface area contributed by atoms with Gasteiger partial charge in [0, 0.05) is 12.0 Å². The van der Waals surface area contributed by atoms with Gasteiger partial charge in [-0.05, 0) is 36.6 Å². The first-order valence-corrected chi connectivity index (χ1v) is 9.96. The molecule has 1 unspecified atom stereocenters. The molecule has 27 heavy (non-hydrogen) atoms. The number of fused-ring (bicyclic) bond motifs is 1. The van der Waals surface area contributed by atoms with Gasteiger partial charge in [-0.2, -0.15) is 0 Å². The molecule has 2 saturated heterocycles. The molecular weight excluding hydrogens is 338 g/mol. The van der Waals surface area contributed by atoms with Gasteiger partial charge in [0.15, 0.2) is 11.5 Å². The topological polar surface area (TPSA) is 40.0 Å². The molecule has 4 nitrogen and oxygen atoms in total. The molecule has 2 aromatic rings. The quantitative estimate of drug-likeness (QED) is 0.884. The highest BCUT2D eigenvalue weighted by atomic mass is 16.5. The minimum atomic E-state index is 0.238. The largest absolute Gasteiger partial charge is 0.493 e. The van der Waals surface area contributed by atoms with Crippen LogP contribution in [0.4, 0.5) is 0 Å². The third kappa shape index (κ3) is 4.01. The maximum atomic E-state index is 12.4. The highest BCUT2D eigenvalue weighted by Crippen LogP contribution is 2.33. The van der Waals surface area contributed by atoms with Gasteiger partial charge < -0.3 is 14.4 Å². The molecule has 2 aromatic carbocycles. The van der Waals surface area contributed by atoms with Crippen LogP contribution in [0.15, 0.2) is 48.5 Å². The van der Waals surface area contributed by atoms with Crippen LogP contribution in [0, 0.1) is 0 Å². The maximum Gasteiger partial charge on any atom is 0.162 e. The predicted octanol–water partition coefficient (Wildman–Crippen LogP) is 3.12. The van der Waals surface area contributed by atoms with E-state index < -0.39 is 0 Å². The number of carbonyl (C=O) groups is 1. The van der Waals surface area contributed by atoms with Gasteiger partial charge in [0.05, 0.1) is 32.5 Å². The van der Waals surface area contributed by atoms with E-state index in [-0.39, 0.29) is 6.04 Å². The van der Waals surface area contributed by atoms with Gasteiger partial charge in [0.1, 0.15) is 18.4 Å². The smallest absolute Gasteiger partial charge is 0.162 e. The molecule has 0 aliphatic carbocycles. The number of quaternary nitrogens is 1. The van der Waals surface area contributed by atoms with Crippen LogP contribution in [0.3, 0.4) is 0 Å². The highest BCUT2D eigenvalue weighted by Gasteiger charge is 2.40. The second kappa shape index (κ2) is 8.13. The number of methoxy groups -OCH3 is 1. The second-order valence-electron chi connectivity index (χ2n) is 7.70. The van der Waals surface area contributed by atoms with Crippen LogP contribution in [0.5, 0.6) is 11.5 Å². The highest BCUT2D eigenvalue weighted by molar-refractivity contribution is 5.80. The van der Waals surface area contributed by atoms with E-state index in [0.29, 0.717) is 24.9 Å². The molecule has 1 N–H and O–H groups in total. The van der Waals surface area contributed by atoms with Gasteiger partial charge in [0.25, 0.3) is 0 Å². The van der Waals surface area contributed by atoms with Crippen molar-refractivity contribution in [2.45, 2.75) is 50.8 Å². The summed E-state index contributed by atoms with van der Waals surface area (Å²) in [5.41, 5.74) is 2.31. The number of ketones is 1. The minimum absolute atomic E-state index is 0.238. The van der Waals surface area contributed by atoms with Gasteiger partial charge in [-0.25, -0.2) is 0 Å². The summed E-state index contributed by atoms with van der Waals surface area (Å²) < 4.78 is 11.6. The number of hydrogen-bond acceptors (Lipinski definition) is 3. The molecular formula is C23H28NO3+. The lowest BCUT2D eigenvalue weighted by Gasteiger charge is -2.41. The molecule has 0 radical (unpaired) electrons. The molecule has 2 aliphatic heterocycles. The summed E-state index contributed by atoms with van der Waals surface area (Å²) in [6.07, 6.45) is 5.06. The third-order valence-corrected chi connectivity index (χ3v) is 5.97. The first-order chi connectivity index (χ1) is 13.2. The second-order valence-corrected chi connectivity index (χ2v) is 7.70. The molecule has 2 heterocycles. The van der Waals surface area contributed by atoms with Crippen molar-refractivity contribution in [3.8, 4) is 11.5 Å². The van der Waals surface area contributed by atoms with Crippen LogP contribution in [-0.2, 0) is 11.4 Å². The van der Waals surface area contributed by atoms with Crippen molar-refractivity contribution in [2.24, 2.45) is 0 Å². The Hall–Kier alpha value is -2.33. The Labute approximate surface area is 161 Å². The average Bonchev–Trinajstić information content (AvgIpc) is 2.72. The summed E-state index contributed by atoms with van der Waals surface area (Å²) in [6, 6.07) is 17.0. The van der Waals surface area contributed by atoms with Gasteiger partial charge in [-0.1, -0.05) is 30.3 Å². The number of benzene rings is 2. The fourth-order valence-electron chi connectivity index (χ4n) is 4.61. The summed E-state index contributed by atoms with van der Waals surface area (Å²) in [5, 5.41) is 0. The zero-order valence-electron chi connectivity index (χ0n) is 15.9. The number of carbonyl (C=O) groups excluding carboxylic acids is 1. The Morgan fingerprint density at radius 2 is 1.89 bits per heavy atom. The molecule has 0 spiro atoms. The first-order valence-electron chi connectivity index (χ1n) is 9.96. The van der Waals surface area contributed by atoms with Crippen molar-refractivity contribution in [1.82, 2.24) is 0 Å². The molecule has 0 saturated carbocycles. The number of Topliss-reactive ketones (excluding diaryl/α,β-unsaturated/α-hetero) is 1. The maximum absolute atomic E-state index is 12.4. The van der Waals surface area contributed by atoms with Crippen molar-refractivity contribution in [1.29, 1.82) is 0 Å². The van der Waals surface area contributed by atoms with E-state index in [1.165, 1.54) is 24.8 Å². The average molecular weight is 366 g/mol. The van der Waals surface area contributed by atoms with Gasteiger partial charge in [-0.3, -0.25) is 4.79 Å². The molecule has 0 amide bonds. The Balaban J connectivity index is 1.58. The Morgan fingerprint density at radius 3 is 2.70 bits per heavy atom. The fourth-order valence-corrected chi connectivity index (χ4v) is 4.61. The molecule has 3 atom stereocenters. The number of piperidine rings is 2. The van der Waals surface area contributed by atoms with Crippen molar-refractivity contribution < 1.29 is 19.2 Å². The van der Waals surface area contributed by atoms with Crippen molar-refractivity contribution in [3.63, 3.8) is 0 Å². The number of nitrogens with one attached hydrogen (secondary N) is 1. The molecule has 2 fully saturated rings. The monoisotopic (exact) mass is 366 g/mol. The van der Waals surface area contributed by atoms with Crippen molar-refractivity contribution in [3.05, 3.63) is 59.7 Å². The summed E-state index contributed by atoms with van der Waals surface area (Å²) >= 11 is 0. The number of rotatable bonds is 5. The summed E-state index contributed by atoms with van der Waals surface area (Å²) in [6.45, 7) is 1.66. The van der Waals surface area contributed by atoms with Gasteiger partial charge in [-0.15, -0.1) is 0 Å². The summed E-state index contributed by atoms with van der Waals surface area (Å²) in [7, 11) is 1.67. The Bertz CT molecular complexity index is 789. The lowest BCUT2D eigenvalue weighted by molar-refractivity contribution is -0.962. The van der Waals surface area contributed by atoms with E-state index in [2.05, 4.69) is 24.3 Å². The third-order valence-electron chi connectivity index (χ3n) is 5.97. The normalized spacial score (nSPS) is 24.9. The SMILES string of the molecule is COc1ccc([C@@H]2CC(=O)C[C@@H]3CCCC[NH+]32)cc1OCc1ccccc1. The summed E-state index contributed by atoms with van der Waals surface area (Å²) in [4.78, 5) is 13.9. The molecule has 142 valence electrons. The number of hydrogen-bond donors (Lipinski definition) is 1. The van der Waals surface area contributed by atoms with Crippen LogP contribution in [0.2, 0.25) is 0 Å². The van der Waals surface area contributed by atoms with Gasteiger partial charge in [0.2, 0.25) is 0 Å². The van der Waals surface area contributed by atoms with Crippen LogP contribution in [-0.4, -0.2) is 25.5 Å². The first kappa shape index (κ1) is 18.1. The minimum Gasteiger partial charge on any atom is -0.493 e. The van der Waals surface area contributed by atoms with Crippen LogP contribution in [0.25, 0.3) is 0 Å². The summed E-state index contributed by atoms with van der Waals surface area (Å²) in [5.74, 6) is 1.89. The van der Waals surface area contributed by atoms with Crippen molar-refractivity contribution >= 4 is 5.78 Å². The van der Waals surface area contributed by atoms with Crippen LogP contribution in [0.1, 0.15) is 49.3 Å². The van der Waals surface area contributed by atoms with E-state index in [4.69, 9.17) is 9.47 Å². The van der Waals surface area contributed by atoms with E-state index >= 15 is 0 Å². The van der Waals surface area contributed by atoms with Gasteiger partial charge >= 0.3 is 0 Å². The predicted molar refractivity (Wildman–Crippen MR) is 104 cm³/mol. The molecule has 0 aromatic heterocycles. The van der Waals surface area contributed by atoms with Crippen LogP contribution >= 0.6 is 0 Å². The Morgan fingerprint density at radius 1 is 1.04 bits per heavy atom. The van der Waals surface area contributed by atoms with E-state index in [1.807, 2.05) is 24.3 Å². The number of ether oxygens (including phenoxy) is 2. The Kier molecular flexibility index (Phi) is 5.44. The fraction of sp³-hybridized carbons (Fsp3) is 0.435. The van der Waals surface area contributed by atoms with E-state index in [1.54, 1.807) is 12.0 Å². The zero-order valence-corrected chi connectivity index (χ0v) is 15.9. The molecule has 4 heteroatoms. The van der Waals surface area contributed by atoms with Crippen LogP contribution < -0.4 is 14.4 Å². The zero-order chi connectivity index (χ0) is 18.6. The lowest BCUT2D eigenvalue weighted by atomic mass is 9.85. The molecule has 4 rings (SSSR count).